The van der Waals surface area contributed by atoms with Gasteiger partial charge >= 0.3 is 6.61 Å². The molecular formula is C10H8Br2F2O2. The molecule has 0 atom stereocenters. The van der Waals surface area contributed by atoms with Crippen LogP contribution in [0, 0.1) is 0 Å². The molecule has 16 heavy (non-hydrogen) atoms. The Kier molecular flexibility index (Phi) is 4.86. The Balaban J connectivity index is 3.13. The molecule has 0 amide bonds. The van der Waals surface area contributed by atoms with Crippen molar-refractivity contribution in [3.63, 3.8) is 0 Å². The van der Waals surface area contributed by atoms with Crippen LogP contribution in [0.5, 0.6) is 5.75 Å². The highest BCUT2D eigenvalue weighted by Crippen LogP contribution is 2.36. The molecule has 0 saturated heterocycles. The van der Waals surface area contributed by atoms with Crippen LogP contribution in [-0.4, -0.2) is 12.4 Å². The third-order valence-electron chi connectivity index (χ3n) is 1.88. The molecule has 0 unspecified atom stereocenters. The third kappa shape index (κ3) is 3.01. The topological polar surface area (TPSA) is 26.3 Å². The molecule has 0 heterocycles. The maximum atomic E-state index is 12.0. The SMILES string of the molecule is CCC(=O)c1ccc(OC(F)F)c(Br)c1Br. The summed E-state index contributed by atoms with van der Waals surface area (Å²) in [5.41, 5.74) is 0.441. The minimum Gasteiger partial charge on any atom is -0.434 e. The minimum absolute atomic E-state index is 0.00507. The third-order valence-corrected chi connectivity index (χ3v) is 4.03. The molecule has 1 rings (SSSR count). The van der Waals surface area contributed by atoms with Gasteiger partial charge in [-0.25, -0.2) is 0 Å². The fourth-order valence-corrected chi connectivity index (χ4v) is 2.11. The van der Waals surface area contributed by atoms with Crippen LogP contribution >= 0.6 is 31.9 Å². The van der Waals surface area contributed by atoms with Crippen LogP contribution in [0.3, 0.4) is 0 Å². The lowest BCUT2D eigenvalue weighted by molar-refractivity contribution is -0.0503. The van der Waals surface area contributed by atoms with Crippen molar-refractivity contribution in [2.75, 3.05) is 0 Å². The monoisotopic (exact) mass is 356 g/mol. The van der Waals surface area contributed by atoms with E-state index >= 15 is 0 Å². The molecule has 0 saturated carbocycles. The largest absolute Gasteiger partial charge is 0.434 e. The summed E-state index contributed by atoms with van der Waals surface area (Å²) in [6.07, 6.45) is 0.347. The number of ether oxygens (including phenoxy) is 1. The van der Waals surface area contributed by atoms with Gasteiger partial charge in [-0.15, -0.1) is 0 Å². The van der Waals surface area contributed by atoms with Gasteiger partial charge < -0.3 is 4.74 Å². The number of hydrogen-bond donors (Lipinski definition) is 0. The summed E-state index contributed by atoms with van der Waals surface area (Å²) in [7, 11) is 0. The van der Waals surface area contributed by atoms with Crippen molar-refractivity contribution in [2.45, 2.75) is 20.0 Å². The summed E-state index contributed by atoms with van der Waals surface area (Å²) in [6.45, 7) is -1.16. The van der Waals surface area contributed by atoms with E-state index in [1.807, 2.05) is 0 Å². The van der Waals surface area contributed by atoms with Crippen molar-refractivity contribution in [1.82, 2.24) is 0 Å². The fourth-order valence-electron chi connectivity index (χ4n) is 1.12. The van der Waals surface area contributed by atoms with Gasteiger partial charge in [-0.05, 0) is 44.0 Å². The van der Waals surface area contributed by atoms with Gasteiger partial charge in [0.1, 0.15) is 5.75 Å². The zero-order valence-corrected chi connectivity index (χ0v) is 11.4. The summed E-state index contributed by atoms with van der Waals surface area (Å²) in [6, 6.07) is 2.79. The van der Waals surface area contributed by atoms with Crippen molar-refractivity contribution < 1.29 is 18.3 Å². The molecular weight excluding hydrogens is 350 g/mol. The molecule has 1 aromatic carbocycles. The Morgan fingerprint density at radius 2 is 2.00 bits per heavy atom. The van der Waals surface area contributed by atoms with E-state index < -0.39 is 6.61 Å². The van der Waals surface area contributed by atoms with Crippen LogP contribution in [0.15, 0.2) is 21.1 Å². The molecule has 0 aliphatic rings. The van der Waals surface area contributed by atoms with Gasteiger partial charge in [0, 0.05) is 16.5 Å². The molecule has 0 N–H and O–H groups in total. The van der Waals surface area contributed by atoms with E-state index in [0.29, 0.717) is 20.9 Å². The Morgan fingerprint density at radius 3 is 2.50 bits per heavy atom. The number of benzene rings is 1. The molecule has 0 bridgehead atoms. The summed E-state index contributed by atoms with van der Waals surface area (Å²) < 4.78 is 29.1. The Hall–Kier alpha value is -0.490. The van der Waals surface area contributed by atoms with Gasteiger partial charge in [-0.3, -0.25) is 4.79 Å². The molecule has 2 nitrogen and oxygen atoms in total. The maximum Gasteiger partial charge on any atom is 0.387 e. The Labute approximate surface area is 108 Å². The summed E-state index contributed by atoms with van der Waals surface area (Å²) in [5, 5.41) is 0. The summed E-state index contributed by atoms with van der Waals surface area (Å²) in [4.78, 5) is 11.5. The summed E-state index contributed by atoms with van der Waals surface area (Å²) in [5.74, 6) is -0.0781. The van der Waals surface area contributed by atoms with Crippen molar-refractivity contribution in [3.8, 4) is 5.75 Å². The van der Waals surface area contributed by atoms with E-state index in [1.165, 1.54) is 12.1 Å². The second-order valence-electron chi connectivity index (χ2n) is 2.89. The molecule has 0 aromatic heterocycles. The number of rotatable bonds is 4. The highest BCUT2D eigenvalue weighted by atomic mass is 79.9. The van der Waals surface area contributed by atoms with Crippen molar-refractivity contribution >= 4 is 37.6 Å². The second kappa shape index (κ2) is 5.72. The number of halogens is 4. The van der Waals surface area contributed by atoms with E-state index in [2.05, 4.69) is 36.6 Å². The first-order valence-electron chi connectivity index (χ1n) is 4.43. The van der Waals surface area contributed by atoms with Gasteiger partial charge in [0.25, 0.3) is 0 Å². The van der Waals surface area contributed by atoms with Crippen molar-refractivity contribution in [3.05, 3.63) is 26.6 Å². The Bertz CT molecular complexity index is 408. The number of carbonyl (C=O) groups excluding carboxylic acids is 1. The zero-order chi connectivity index (χ0) is 12.3. The molecule has 0 radical (unpaired) electrons. The van der Waals surface area contributed by atoms with Crippen molar-refractivity contribution in [2.24, 2.45) is 0 Å². The fraction of sp³-hybridized carbons (Fsp3) is 0.300. The van der Waals surface area contributed by atoms with Gasteiger partial charge in [-0.1, -0.05) is 6.92 Å². The van der Waals surface area contributed by atoms with Gasteiger partial charge in [0.15, 0.2) is 5.78 Å². The van der Waals surface area contributed by atoms with E-state index in [-0.39, 0.29) is 11.5 Å². The molecule has 0 aliphatic carbocycles. The summed E-state index contributed by atoms with van der Waals surface area (Å²) >= 11 is 6.27. The number of hydrogen-bond acceptors (Lipinski definition) is 2. The molecule has 0 fully saturated rings. The molecule has 0 spiro atoms. The number of carbonyl (C=O) groups is 1. The lowest BCUT2D eigenvalue weighted by Gasteiger charge is -2.10. The van der Waals surface area contributed by atoms with Crippen LogP contribution in [0.2, 0.25) is 0 Å². The highest BCUT2D eigenvalue weighted by Gasteiger charge is 2.16. The van der Waals surface area contributed by atoms with E-state index in [9.17, 15) is 13.6 Å². The van der Waals surface area contributed by atoms with E-state index in [0.717, 1.165) is 0 Å². The number of alkyl halides is 2. The molecule has 0 aliphatic heterocycles. The molecule has 88 valence electrons. The van der Waals surface area contributed by atoms with E-state index in [1.54, 1.807) is 6.92 Å². The molecule has 6 heteroatoms. The van der Waals surface area contributed by atoms with Gasteiger partial charge in [0.2, 0.25) is 0 Å². The predicted octanol–water partition coefficient (Wildman–Crippen LogP) is 4.41. The van der Waals surface area contributed by atoms with Gasteiger partial charge in [0.05, 0.1) is 4.47 Å². The Morgan fingerprint density at radius 1 is 1.38 bits per heavy atom. The lowest BCUT2D eigenvalue weighted by atomic mass is 10.1. The van der Waals surface area contributed by atoms with Crippen LogP contribution in [0.25, 0.3) is 0 Å². The smallest absolute Gasteiger partial charge is 0.387 e. The first-order valence-corrected chi connectivity index (χ1v) is 6.02. The average Bonchev–Trinajstić information content (AvgIpc) is 2.23. The average molecular weight is 358 g/mol. The van der Waals surface area contributed by atoms with Gasteiger partial charge in [-0.2, -0.15) is 8.78 Å². The maximum absolute atomic E-state index is 12.0. The zero-order valence-electron chi connectivity index (χ0n) is 8.27. The molecule has 1 aromatic rings. The normalized spacial score (nSPS) is 10.6. The second-order valence-corrected chi connectivity index (χ2v) is 4.48. The van der Waals surface area contributed by atoms with E-state index in [4.69, 9.17) is 0 Å². The minimum atomic E-state index is -2.89. The lowest BCUT2D eigenvalue weighted by Crippen LogP contribution is -2.04. The first kappa shape index (κ1) is 13.6. The standard InChI is InChI=1S/C10H8Br2F2O2/c1-2-6(15)5-3-4-7(16-10(13)14)9(12)8(5)11/h3-4,10H,2H2,1H3. The number of Topliss-reactive ketones (excluding diaryl/α,β-unsaturated/α-hetero) is 1. The van der Waals surface area contributed by atoms with Crippen LogP contribution in [-0.2, 0) is 0 Å². The quantitative estimate of drug-likeness (QED) is 0.746. The van der Waals surface area contributed by atoms with Crippen LogP contribution in [0.4, 0.5) is 8.78 Å². The first-order chi connectivity index (χ1) is 7.47. The highest BCUT2D eigenvalue weighted by molar-refractivity contribution is 9.13. The predicted molar refractivity (Wildman–Crippen MR) is 63.1 cm³/mol. The van der Waals surface area contributed by atoms with Crippen LogP contribution < -0.4 is 4.74 Å². The number of ketones is 1. The van der Waals surface area contributed by atoms with Crippen LogP contribution in [0.1, 0.15) is 23.7 Å². The van der Waals surface area contributed by atoms with Crippen molar-refractivity contribution in [1.29, 1.82) is 0 Å².